The molecule has 1 rings (SSSR count). The summed E-state index contributed by atoms with van der Waals surface area (Å²) in [6, 6.07) is 0.0171. The highest BCUT2D eigenvalue weighted by Crippen LogP contribution is 2.07. The van der Waals surface area contributed by atoms with Crippen LogP contribution in [0.4, 0.5) is 5.95 Å². The van der Waals surface area contributed by atoms with E-state index >= 15 is 0 Å². The summed E-state index contributed by atoms with van der Waals surface area (Å²) in [4.78, 5) is 15.9. The summed E-state index contributed by atoms with van der Waals surface area (Å²) in [5, 5.41) is 10.6. The quantitative estimate of drug-likeness (QED) is 0.788. The Labute approximate surface area is 107 Å². The average Bonchev–Trinajstić information content (AvgIpc) is 2.36. The summed E-state index contributed by atoms with van der Waals surface area (Å²) in [6.45, 7) is 5.88. The number of nitrogens with one attached hydrogen (secondary N) is 1. The second-order valence-electron chi connectivity index (χ2n) is 4.30. The molecule has 3 N–H and O–H groups in total. The van der Waals surface area contributed by atoms with Crippen LogP contribution in [0.2, 0.25) is 0 Å². The van der Waals surface area contributed by atoms with Crippen molar-refractivity contribution in [3.8, 4) is 0 Å². The molecule has 6 heteroatoms. The van der Waals surface area contributed by atoms with Gasteiger partial charge in [0.05, 0.1) is 11.4 Å². The van der Waals surface area contributed by atoms with Gasteiger partial charge in [-0.1, -0.05) is 13.8 Å². The lowest BCUT2D eigenvalue weighted by Crippen LogP contribution is -2.21. The number of aryl methyl sites for hydroxylation is 2. The Bertz CT molecular complexity index is 405. The number of aromatic nitrogens is 3. The SMILES string of the molecule is CCc1nnc(NC(=O)CCC(C)N)nc1CC. The van der Waals surface area contributed by atoms with Crippen LogP contribution in [0.5, 0.6) is 0 Å². The molecule has 1 aromatic heterocycles. The first-order valence-corrected chi connectivity index (χ1v) is 6.34. The van der Waals surface area contributed by atoms with Crippen molar-refractivity contribution in [3.05, 3.63) is 11.4 Å². The van der Waals surface area contributed by atoms with Gasteiger partial charge in [-0.05, 0) is 26.2 Å². The first-order valence-electron chi connectivity index (χ1n) is 6.34. The zero-order valence-corrected chi connectivity index (χ0v) is 11.2. The van der Waals surface area contributed by atoms with E-state index in [2.05, 4.69) is 20.5 Å². The van der Waals surface area contributed by atoms with Crippen LogP contribution in [0.3, 0.4) is 0 Å². The number of hydrogen-bond acceptors (Lipinski definition) is 5. The zero-order chi connectivity index (χ0) is 13.5. The van der Waals surface area contributed by atoms with Crippen LogP contribution in [0, 0.1) is 0 Å². The Morgan fingerprint density at radius 1 is 1.28 bits per heavy atom. The standard InChI is InChI=1S/C12H21N5O/c1-4-9-10(5-2)16-17-12(14-9)15-11(18)7-6-8(3)13/h8H,4-7,13H2,1-3H3,(H,14,15,17,18). The Hall–Kier alpha value is -1.56. The third-order valence-electron chi connectivity index (χ3n) is 2.59. The monoisotopic (exact) mass is 251 g/mol. The third kappa shape index (κ3) is 4.37. The molecule has 1 heterocycles. The van der Waals surface area contributed by atoms with Crippen LogP contribution in [-0.2, 0) is 17.6 Å². The predicted molar refractivity (Wildman–Crippen MR) is 70.1 cm³/mol. The maximum absolute atomic E-state index is 11.6. The van der Waals surface area contributed by atoms with E-state index in [4.69, 9.17) is 5.73 Å². The maximum Gasteiger partial charge on any atom is 0.249 e. The molecule has 0 saturated heterocycles. The molecular formula is C12H21N5O. The minimum absolute atomic E-state index is 0.0171. The van der Waals surface area contributed by atoms with Crippen LogP contribution in [0.1, 0.15) is 45.0 Å². The lowest BCUT2D eigenvalue weighted by Gasteiger charge is -2.07. The van der Waals surface area contributed by atoms with Crippen molar-refractivity contribution >= 4 is 11.9 Å². The van der Waals surface area contributed by atoms with E-state index in [-0.39, 0.29) is 17.9 Å². The first-order chi connectivity index (χ1) is 8.56. The van der Waals surface area contributed by atoms with Gasteiger partial charge in [-0.25, -0.2) is 4.98 Å². The number of nitrogens with zero attached hydrogens (tertiary/aromatic N) is 3. The minimum atomic E-state index is -0.125. The summed E-state index contributed by atoms with van der Waals surface area (Å²) in [6.07, 6.45) is 2.59. The fourth-order valence-electron chi connectivity index (χ4n) is 1.54. The highest BCUT2D eigenvalue weighted by molar-refractivity contribution is 5.88. The second-order valence-corrected chi connectivity index (χ2v) is 4.30. The van der Waals surface area contributed by atoms with E-state index in [0.29, 0.717) is 12.8 Å². The number of amides is 1. The van der Waals surface area contributed by atoms with Crippen LogP contribution < -0.4 is 11.1 Å². The minimum Gasteiger partial charge on any atom is -0.328 e. The molecule has 1 amide bonds. The molecule has 0 aliphatic heterocycles. The lowest BCUT2D eigenvalue weighted by molar-refractivity contribution is -0.116. The van der Waals surface area contributed by atoms with E-state index in [0.717, 1.165) is 24.2 Å². The molecule has 0 saturated carbocycles. The van der Waals surface area contributed by atoms with Crippen molar-refractivity contribution in [2.75, 3.05) is 5.32 Å². The number of carbonyl (C=O) groups excluding carboxylic acids is 1. The van der Waals surface area contributed by atoms with E-state index in [1.165, 1.54) is 0 Å². The molecule has 1 unspecified atom stereocenters. The summed E-state index contributed by atoms with van der Waals surface area (Å²) in [7, 11) is 0. The van der Waals surface area contributed by atoms with Crippen LogP contribution >= 0.6 is 0 Å². The fraction of sp³-hybridized carbons (Fsp3) is 0.667. The topological polar surface area (TPSA) is 93.8 Å². The number of nitrogens with two attached hydrogens (primary N) is 1. The number of rotatable bonds is 6. The number of hydrogen-bond donors (Lipinski definition) is 2. The van der Waals surface area contributed by atoms with Gasteiger partial charge in [-0.15, -0.1) is 10.2 Å². The molecule has 0 aliphatic carbocycles. The van der Waals surface area contributed by atoms with Crippen molar-refractivity contribution < 1.29 is 4.79 Å². The van der Waals surface area contributed by atoms with Crippen molar-refractivity contribution in [2.24, 2.45) is 5.73 Å². The van der Waals surface area contributed by atoms with Gasteiger partial charge in [0, 0.05) is 12.5 Å². The Morgan fingerprint density at radius 2 is 1.94 bits per heavy atom. The van der Waals surface area contributed by atoms with Crippen molar-refractivity contribution in [3.63, 3.8) is 0 Å². The molecule has 0 aliphatic rings. The molecule has 0 spiro atoms. The molecule has 0 radical (unpaired) electrons. The molecule has 100 valence electrons. The van der Waals surface area contributed by atoms with Gasteiger partial charge >= 0.3 is 0 Å². The van der Waals surface area contributed by atoms with E-state index < -0.39 is 0 Å². The number of carbonyl (C=O) groups is 1. The fourth-order valence-corrected chi connectivity index (χ4v) is 1.54. The molecule has 18 heavy (non-hydrogen) atoms. The Balaban J connectivity index is 2.64. The molecule has 6 nitrogen and oxygen atoms in total. The van der Waals surface area contributed by atoms with Gasteiger partial charge in [0.25, 0.3) is 0 Å². The van der Waals surface area contributed by atoms with Gasteiger partial charge in [-0.2, -0.15) is 0 Å². The Morgan fingerprint density at radius 3 is 2.50 bits per heavy atom. The number of anilines is 1. The molecule has 1 aromatic rings. The van der Waals surface area contributed by atoms with Crippen LogP contribution in [0.25, 0.3) is 0 Å². The van der Waals surface area contributed by atoms with Gasteiger partial charge in [0.15, 0.2) is 0 Å². The summed E-state index contributed by atoms with van der Waals surface area (Å²) in [5.41, 5.74) is 7.36. The highest BCUT2D eigenvalue weighted by atomic mass is 16.1. The normalized spacial score (nSPS) is 12.2. The summed E-state index contributed by atoms with van der Waals surface area (Å²) >= 11 is 0. The summed E-state index contributed by atoms with van der Waals surface area (Å²) in [5.74, 6) is 0.152. The second kappa shape index (κ2) is 7.00. The van der Waals surface area contributed by atoms with Gasteiger partial charge in [0.2, 0.25) is 11.9 Å². The van der Waals surface area contributed by atoms with Crippen molar-refractivity contribution in [1.29, 1.82) is 0 Å². The van der Waals surface area contributed by atoms with E-state index in [1.54, 1.807) is 0 Å². The summed E-state index contributed by atoms with van der Waals surface area (Å²) < 4.78 is 0. The largest absolute Gasteiger partial charge is 0.328 e. The highest BCUT2D eigenvalue weighted by Gasteiger charge is 2.09. The maximum atomic E-state index is 11.6. The smallest absolute Gasteiger partial charge is 0.249 e. The van der Waals surface area contributed by atoms with Gasteiger partial charge in [0.1, 0.15) is 0 Å². The molecular weight excluding hydrogens is 230 g/mol. The third-order valence-corrected chi connectivity index (χ3v) is 2.59. The molecule has 0 fully saturated rings. The Kier molecular flexibility index (Phi) is 5.64. The van der Waals surface area contributed by atoms with E-state index in [9.17, 15) is 4.79 Å². The van der Waals surface area contributed by atoms with Crippen molar-refractivity contribution in [2.45, 2.75) is 52.5 Å². The molecule has 1 atom stereocenters. The van der Waals surface area contributed by atoms with Gasteiger partial charge in [-0.3, -0.25) is 10.1 Å². The predicted octanol–water partition coefficient (Wildman–Crippen LogP) is 1.06. The zero-order valence-electron chi connectivity index (χ0n) is 11.2. The van der Waals surface area contributed by atoms with Crippen LogP contribution in [-0.4, -0.2) is 27.1 Å². The average molecular weight is 251 g/mol. The molecule has 0 aromatic carbocycles. The van der Waals surface area contributed by atoms with E-state index in [1.807, 2.05) is 20.8 Å². The first kappa shape index (κ1) is 14.5. The van der Waals surface area contributed by atoms with Gasteiger partial charge < -0.3 is 5.73 Å². The van der Waals surface area contributed by atoms with Crippen LogP contribution in [0.15, 0.2) is 0 Å². The molecule has 0 bridgehead atoms. The lowest BCUT2D eigenvalue weighted by atomic mass is 10.2. The van der Waals surface area contributed by atoms with Crippen molar-refractivity contribution in [1.82, 2.24) is 15.2 Å².